The summed E-state index contributed by atoms with van der Waals surface area (Å²) in [6.07, 6.45) is 0.398. The minimum absolute atomic E-state index is 0.0733. The zero-order chi connectivity index (χ0) is 19.1. The van der Waals surface area contributed by atoms with Crippen molar-refractivity contribution in [3.05, 3.63) is 84.4 Å². The van der Waals surface area contributed by atoms with E-state index in [1.165, 1.54) is 0 Å². The Morgan fingerprint density at radius 2 is 1.37 bits per heavy atom. The van der Waals surface area contributed by atoms with E-state index < -0.39 is 0 Å². The van der Waals surface area contributed by atoms with Crippen LogP contribution >= 0.6 is 0 Å². The molecule has 136 valence electrons. The number of hydrogen-bond donors (Lipinski definition) is 3. The fraction of sp³-hybridized carbons (Fsp3) is 0.0909. The number of benzene rings is 3. The normalized spacial score (nSPS) is 10.1. The Balaban J connectivity index is 1.77. The average Bonchev–Trinajstić information content (AvgIpc) is 2.69. The number of amides is 2. The Bertz CT molecular complexity index is 939. The van der Waals surface area contributed by atoms with Crippen molar-refractivity contribution in [2.75, 3.05) is 16.0 Å². The Hall–Kier alpha value is -3.60. The molecule has 0 aliphatic carbocycles. The molecule has 2 amide bonds. The van der Waals surface area contributed by atoms with Crippen LogP contribution in [0.4, 0.5) is 22.7 Å². The van der Waals surface area contributed by atoms with E-state index in [2.05, 4.69) is 16.0 Å². The van der Waals surface area contributed by atoms with Gasteiger partial charge in [0.15, 0.2) is 0 Å². The molecule has 0 aliphatic heterocycles. The lowest BCUT2D eigenvalue weighted by Crippen LogP contribution is -2.14. The third-order valence-corrected chi connectivity index (χ3v) is 3.95. The molecule has 3 N–H and O–H groups in total. The summed E-state index contributed by atoms with van der Waals surface area (Å²) in [5.74, 6) is -0.302. The van der Waals surface area contributed by atoms with Gasteiger partial charge in [-0.1, -0.05) is 43.3 Å². The monoisotopic (exact) mass is 359 g/mol. The zero-order valence-electron chi connectivity index (χ0n) is 15.0. The van der Waals surface area contributed by atoms with Gasteiger partial charge in [-0.2, -0.15) is 0 Å². The Morgan fingerprint density at radius 3 is 2.11 bits per heavy atom. The predicted octanol–water partition coefficient (Wildman–Crippen LogP) is 5.03. The van der Waals surface area contributed by atoms with E-state index >= 15 is 0 Å². The van der Waals surface area contributed by atoms with E-state index in [4.69, 9.17) is 0 Å². The van der Waals surface area contributed by atoms with Crippen LogP contribution in [0.15, 0.2) is 78.9 Å². The lowest BCUT2D eigenvalue weighted by atomic mass is 10.1. The smallest absolute Gasteiger partial charge is 0.257 e. The van der Waals surface area contributed by atoms with Gasteiger partial charge < -0.3 is 16.0 Å². The maximum Gasteiger partial charge on any atom is 0.257 e. The molecule has 5 nitrogen and oxygen atoms in total. The number of hydrogen-bond acceptors (Lipinski definition) is 3. The first-order valence-corrected chi connectivity index (χ1v) is 8.78. The van der Waals surface area contributed by atoms with E-state index in [9.17, 15) is 9.59 Å². The van der Waals surface area contributed by atoms with Crippen LogP contribution in [0.25, 0.3) is 0 Å². The van der Waals surface area contributed by atoms with E-state index in [1.54, 1.807) is 37.3 Å². The fourth-order valence-electron chi connectivity index (χ4n) is 2.59. The minimum atomic E-state index is -0.229. The first kappa shape index (κ1) is 18.2. The van der Waals surface area contributed by atoms with Gasteiger partial charge >= 0.3 is 0 Å². The third-order valence-electron chi connectivity index (χ3n) is 3.95. The van der Waals surface area contributed by atoms with Crippen molar-refractivity contribution in [1.29, 1.82) is 0 Å². The van der Waals surface area contributed by atoms with Gasteiger partial charge in [0.1, 0.15) is 0 Å². The van der Waals surface area contributed by atoms with Gasteiger partial charge in [0, 0.05) is 23.5 Å². The summed E-state index contributed by atoms with van der Waals surface area (Å²) in [6, 6.07) is 24.1. The molecule has 0 spiro atoms. The first-order chi connectivity index (χ1) is 13.2. The van der Waals surface area contributed by atoms with Crippen LogP contribution in [0.2, 0.25) is 0 Å². The summed E-state index contributed by atoms with van der Waals surface area (Å²) in [5.41, 5.74) is 3.42. The topological polar surface area (TPSA) is 70.2 Å². The van der Waals surface area contributed by atoms with Crippen molar-refractivity contribution in [2.24, 2.45) is 0 Å². The highest BCUT2D eigenvalue weighted by atomic mass is 16.2. The third kappa shape index (κ3) is 4.95. The molecule has 3 rings (SSSR count). The second kappa shape index (κ2) is 8.67. The summed E-state index contributed by atoms with van der Waals surface area (Å²) in [6.45, 7) is 1.79. The predicted molar refractivity (Wildman–Crippen MR) is 109 cm³/mol. The largest absolute Gasteiger partial charge is 0.355 e. The van der Waals surface area contributed by atoms with E-state index in [-0.39, 0.29) is 11.8 Å². The van der Waals surface area contributed by atoms with Crippen LogP contribution in [-0.2, 0) is 4.79 Å². The molecule has 0 aliphatic rings. The standard InChI is InChI=1S/C22H21N3O2/c1-2-21(26)24-17-11-8-12-18(15-17)25-22(27)19-13-6-7-14-20(19)23-16-9-4-3-5-10-16/h3-15,23H,2H2,1H3,(H,24,26)(H,25,27). The molecule has 0 radical (unpaired) electrons. The van der Waals surface area contributed by atoms with Crippen LogP contribution < -0.4 is 16.0 Å². The molecule has 27 heavy (non-hydrogen) atoms. The SMILES string of the molecule is CCC(=O)Nc1cccc(NC(=O)c2ccccc2Nc2ccccc2)c1. The van der Waals surface area contributed by atoms with Gasteiger partial charge in [0.2, 0.25) is 5.91 Å². The second-order valence-electron chi connectivity index (χ2n) is 5.97. The highest BCUT2D eigenvalue weighted by Gasteiger charge is 2.12. The molecule has 3 aromatic carbocycles. The van der Waals surface area contributed by atoms with Gasteiger partial charge in [-0.15, -0.1) is 0 Å². The van der Waals surface area contributed by atoms with Gasteiger partial charge in [0.05, 0.1) is 11.3 Å². The van der Waals surface area contributed by atoms with Gasteiger partial charge in [0.25, 0.3) is 5.91 Å². The quantitative estimate of drug-likeness (QED) is 0.578. The zero-order valence-corrected chi connectivity index (χ0v) is 15.0. The van der Waals surface area contributed by atoms with Crippen LogP contribution in [0.3, 0.4) is 0 Å². The second-order valence-corrected chi connectivity index (χ2v) is 5.97. The molecular formula is C22H21N3O2. The lowest BCUT2D eigenvalue weighted by molar-refractivity contribution is -0.115. The number of carbonyl (C=O) groups is 2. The average molecular weight is 359 g/mol. The van der Waals surface area contributed by atoms with Crippen molar-refractivity contribution >= 4 is 34.6 Å². The van der Waals surface area contributed by atoms with Crippen LogP contribution in [0.1, 0.15) is 23.7 Å². The van der Waals surface area contributed by atoms with E-state index in [1.807, 2.05) is 48.5 Å². The summed E-state index contributed by atoms with van der Waals surface area (Å²) in [7, 11) is 0. The van der Waals surface area contributed by atoms with Crippen molar-refractivity contribution in [3.8, 4) is 0 Å². The summed E-state index contributed by atoms with van der Waals surface area (Å²) in [5, 5.41) is 8.94. The molecule has 0 heterocycles. The Labute approximate surface area is 158 Å². The molecule has 0 saturated carbocycles. The van der Waals surface area contributed by atoms with Gasteiger partial charge in [-0.05, 0) is 42.5 Å². The molecule has 0 bridgehead atoms. The summed E-state index contributed by atoms with van der Waals surface area (Å²) >= 11 is 0. The number of para-hydroxylation sites is 2. The van der Waals surface area contributed by atoms with E-state index in [0.29, 0.717) is 23.4 Å². The van der Waals surface area contributed by atoms with Crippen LogP contribution in [0.5, 0.6) is 0 Å². The van der Waals surface area contributed by atoms with Crippen molar-refractivity contribution in [2.45, 2.75) is 13.3 Å². The highest BCUT2D eigenvalue weighted by molar-refractivity contribution is 6.08. The minimum Gasteiger partial charge on any atom is -0.355 e. The lowest BCUT2D eigenvalue weighted by Gasteiger charge is -2.13. The molecular weight excluding hydrogens is 338 g/mol. The Morgan fingerprint density at radius 1 is 0.741 bits per heavy atom. The maximum atomic E-state index is 12.8. The fourth-order valence-corrected chi connectivity index (χ4v) is 2.59. The number of anilines is 4. The molecule has 5 heteroatoms. The summed E-state index contributed by atoms with van der Waals surface area (Å²) < 4.78 is 0. The Kier molecular flexibility index (Phi) is 5.84. The molecule has 0 aromatic heterocycles. The van der Waals surface area contributed by atoms with Crippen LogP contribution in [-0.4, -0.2) is 11.8 Å². The van der Waals surface area contributed by atoms with Crippen LogP contribution in [0, 0.1) is 0 Å². The highest BCUT2D eigenvalue weighted by Crippen LogP contribution is 2.23. The van der Waals surface area contributed by atoms with Crippen molar-refractivity contribution in [1.82, 2.24) is 0 Å². The van der Waals surface area contributed by atoms with Gasteiger partial charge in [-0.3, -0.25) is 9.59 Å². The van der Waals surface area contributed by atoms with Crippen molar-refractivity contribution < 1.29 is 9.59 Å². The molecule has 0 fully saturated rings. The number of nitrogens with one attached hydrogen (secondary N) is 3. The van der Waals surface area contributed by atoms with E-state index in [0.717, 1.165) is 11.4 Å². The number of rotatable bonds is 6. The summed E-state index contributed by atoms with van der Waals surface area (Å²) in [4.78, 5) is 24.3. The maximum absolute atomic E-state index is 12.8. The van der Waals surface area contributed by atoms with Crippen molar-refractivity contribution in [3.63, 3.8) is 0 Å². The number of carbonyl (C=O) groups excluding carboxylic acids is 2. The molecule has 3 aromatic rings. The molecule has 0 unspecified atom stereocenters. The first-order valence-electron chi connectivity index (χ1n) is 8.78. The molecule has 0 saturated heterocycles. The molecule has 0 atom stereocenters. The van der Waals surface area contributed by atoms with Gasteiger partial charge in [-0.25, -0.2) is 0 Å².